The lowest BCUT2D eigenvalue weighted by Gasteiger charge is -2.25. The van der Waals surface area contributed by atoms with Gasteiger partial charge in [0, 0.05) is 32.7 Å². The Labute approximate surface area is 130 Å². The van der Waals surface area contributed by atoms with E-state index >= 15 is 0 Å². The quantitative estimate of drug-likeness (QED) is 0.528. The first-order valence-electron chi connectivity index (χ1n) is 8.18. The Morgan fingerprint density at radius 2 is 1.62 bits per heavy atom. The predicted octanol–water partition coefficient (Wildman–Crippen LogP) is 1.90. The van der Waals surface area contributed by atoms with Crippen LogP contribution in [-0.2, 0) is 14.3 Å². The van der Waals surface area contributed by atoms with E-state index in [0.717, 1.165) is 6.42 Å². The molecule has 21 heavy (non-hydrogen) atoms. The number of nitrogens with two attached hydrogens (primary N) is 1. The second-order valence-corrected chi connectivity index (χ2v) is 5.71. The van der Waals surface area contributed by atoms with Gasteiger partial charge in [-0.15, -0.1) is 0 Å². The van der Waals surface area contributed by atoms with Crippen molar-refractivity contribution in [2.75, 3.05) is 46.1 Å². The summed E-state index contributed by atoms with van der Waals surface area (Å²) < 4.78 is 10.7. The van der Waals surface area contributed by atoms with Gasteiger partial charge in [-0.1, -0.05) is 13.8 Å². The Bertz CT molecular complexity index is 250. The molecule has 0 aromatic carbocycles. The fourth-order valence-electron chi connectivity index (χ4n) is 2.30. The van der Waals surface area contributed by atoms with Crippen LogP contribution in [0.2, 0.25) is 0 Å². The minimum Gasteiger partial charge on any atom is -0.380 e. The fraction of sp³-hybridized carbons (Fsp3) is 0.938. The van der Waals surface area contributed by atoms with Crippen LogP contribution in [0.1, 0.15) is 40.5 Å². The average molecular weight is 302 g/mol. The van der Waals surface area contributed by atoms with Gasteiger partial charge in [0.05, 0.1) is 13.2 Å². The molecule has 1 atom stereocenters. The van der Waals surface area contributed by atoms with Crippen molar-refractivity contribution in [3.05, 3.63) is 0 Å². The van der Waals surface area contributed by atoms with Crippen LogP contribution >= 0.6 is 0 Å². The number of carbonyl (C=O) groups is 1. The topological polar surface area (TPSA) is 64.8 Å². The smallest absolute Gasteiger partial charge is 0.223 e. The van der Waals surface area contributed by atoms with Gasteiger partial charge in [0.1, 0.15) is 0 Å². The first-order chi connectivity index (χ1) is 10.0. The highest BCUT2D eigenvalue weighted by molar-refractivity contribution is 5.76. The van der Waals surface area contributed by atoms with E-state index in [9.17, 15) is 4.79 Å². The number of carbonyl (C=O) groups excluding carboxylic acids is 1. The average Bonchev–Trinajstić information content (AvgIpc) is 2.44. The lowest BCUT2D eigenvalue weighted by Crippen LogP contribution is -2.38. The van der Waals surface area contributed by atoms with Crippen LogP contribution in [0.5, 0.6) is 0 Å². The van der Waals surface area contributed by atoms with E-state index in [1.165, 1.54) is 0 Å². The molecule has 0 rings (SSSR count). The van der Waals surface area contributed by atoms with Crippen molar-refractivity contribution in [3.63, 3.8) is 0 Å². The summed E-state index contributed by atoms with van der Waals surface area (Å²) >= 11 is 0. The Hall–Kier alpha value is -0.650. The maximum atomic E-state index is 12.4. The van der Waals surface area contributed by atoms with Gasteiger partial charge in [-0.2, -0.15) is 0 Å². The summed E-state index contributed by atoms with van der Waals surface area (Å²) in [6.07, 6.45) is 1.51. The highest BCUT2D eigenvalue weighted by atomic mass is 16.5. The van der Waals surface area contributed by atoms with Crippen LogP contribution in [0.4, 0.5) is 0 Å². The Kier molecular flexibility index (Phi) is 12.6. The molecule has 0 heterocycles. The number of hydrogen-bond donors (Lipinski definition) is 1. The number of amides is 1. The molecular weight excluding hydrogens is 268 g/mol. The van der Waals surface area contributed by atoms with Gasteiger partial charge in [0.15, 0.2) is 0 Å². The summed E-state index contributed by atoms with van der Waals surface area (Å²) in [5.74, 6) is 0.983. The zero-order valence-electron chi connectivity index (χ0n) is 14.3. The highest BCUT2D eigenvalue weighted by Crippen LogP contribution is 2.15. The van der Waals surface area contributed by atoms with E-state index < -0.39 is 0 Å². The van der Waals surface area contributed by atoms with Gasteiger partial charge in [-0.25, -0.2) is 0 Å². The molecule has 0 aliphatic heterocycles. The lowest BCUT2D eigenvalue weighted by molar-refractivity contribution is -0.133. The third-order valence-corrected chi connectivity index (χ3v) is 3.37. The van der Waals surface area contributed by atoms with Gasteiger partial charge in [0.2, 0.25) is 5.91 Å². The normalized spacial score (nSPS) is 12.7. The molecule has 0 saturated heterocycles. The maximum Gasteiger partial charge on any atom is 0.223 e. The van der Waals surface area contributed by atoms with Gasteiger partial charge >= 0.3 is 0 Å². The molecule has 5 heteroatoms. The number of hydrogen-bond acceptors (Lipinski definition) is 4. The van der Waals surface area contributed by atoms with Crippen molar-refractivity contribution in [3.8, 4) is 0 Å². The van der Waals surface area contributed by atoms with Crippen LogP contribution < -0.4 is 5.73 Å². The molecular formula is C16H34N2O3. The van der Waals surface area contributed by atoms with Gasteiger partial charge < -0.3 is 20.1 Å². The Morgan fingerprint density at radius 3 is 2.00 bits per heavy atom. The molecule has 0 spiro atoms. The summed E-state index contributed by atoms with van der Waals surface area (Å²) in [5.41, 5.74) is 5.79. The van der Waals surface area contributed by atoms with E-state index in [1.54, 1.807) is 0 Å². The van der Waals surface area contributed by atoms with Gasteiger partial charge in [-0.05, 0) is 38.6 Å². The molecule has 0 radical (unpaired) electrons. The van der Waals surface area contributed by atoms with Crippen molar-refractivity contribution in [2.45, 2.75) is 40.5 Å². The second kappa shape index (κ2) is 13.0. The fourth-order valence-corrected chi connectivity index (χ4v) is 2.30. The minimum atomic E-state index is 0.158. The maximum absolute atomic E-state index is 12.4. The summed E-state index contributed by atoms with van der Waals surface area (Å²) in [6, 6.07) is 0. The van der Waals surface area contributed by atoms with E-state index in [2.05, 4.69) is 13.8 Å². The largest absolute Gasteiger partial charge is 0.380 e. The van der Waals surface area contributed by atoms with Gasteiger partial charge in [0.25, 0.3) is 0 Å². The molecule has 0 aliphatic rings. The predicted molar refractivity (Wildman–Crippen MR) is 86.2 cm³/mol. The van der Waals surface area contributed by atoms with Crippen molar-refractivity contribution < 1.29 is 14.3 Å². The molecule has 0 aromatic rings. The van der Waals surface area contributed by atoms with E-state index in [0.29, 0.717) is 58.4 Å². The van der Waals surface area contributed by atoms with Crippen LogP contribution in [0.15, 0.2) is 0 Å². The first kappa shape index (κ1) is 20.3. The lowest BCUT2D eigenvalue weighted by atomic mass is 9.94. The van der Waals surface area contributed by atoms with Crippen molar-refractivity contribution >= 4 is 5.91 Å². The standard InChI is InChI=1S/C16H34N2O3/c1-5-20-9-7-18(8-10-21-6-2)16(19)12-15(13-17)11-14(3)4/h14-15H,5-13,17H2,1-4H3/t15-/m0/s1. The molecule has 0 fully saturated rings. The summed E-state index contributed by atoms with van der Waals surface area (Å²) in [7, 11) is 0. The van der Waals surface area contributed by atoms with E-state index in [1.807, 2.05) is 18.7 Å². The zero-order chi connectivity index (χ0) is 16.1. The Morgan fingerprint density at radius 1 is 1.10 bits per heavy atom. The van der Waals surface area contributed by atoms with Crippen LogP contribution in [-0.4, -0.2) is 56.9 Å². The molecule has 0 saturated carbocycles. The summed E-state index contributed by atoms with van der Waals surface area (Å²) in [5, 5.41) is 0. The molecule has 126 valence electrons. The van der Waals surface area contributed by atoms with Gasteiger partial charge in [-0.3, -0.25) is 4.79 Å². The first-order valence-corrected chi connectivity index (χ1v) is 8.18. The monoisotopic (exact) mass is 302 g/mol. The number of ether oxygens (including phenoxy) is 2. The van der Waals surface area contributed by atoms with Crippen LogP contribution in [0, 0.1) is 11.8 Å². The summed E-state index contributed by atoms with van der Waals surface area (Å²) in [4.78, 5) is 14.3. The van der Waals surface area contributed by atoms with E-state index in [4.69, 9.17) is 15.2 Å². The van der Waals surface area contributed by atoms with Crippen LogP contribution in [0.25, 0.3) is 0 Å². The van der Waals surface area contributed by atoms with Crippen molar-refractivity contribution in [1.29, 1.82) is 0 Å². The van der Waals surface area contributed by atoms with Crippen molar-refractivity contribution in [2.24, 2.45) is 17.6 Å². The van der Waals surface area contributed by atoms with Crippen molar-refractivity contribution in [1.82, 2.24) is 4.90 Å². The molecule has 0 unspecified atom stereocenters. The second-order valence-electron chi connectivity index (χ2n) is 5.71. The number of nitrogens with zero attached hydrogens (tertiary/aromatic N) is 1. The molecule has 1 amide bonds. The SMILES string of the molecule is CCOCCN(CCOCC)C(=O)C[C@@H](CN)CC(C)C. The molecule has 0 bridgehead atoms. The zero-order valence-corrected chi connectivity index (χ0v) is 14.3. The molecule has 0 aromatic heterocycles. The third-order valence-electron chi connectivity index (χ3n) is 3.37. The molecule has 5 nitrogen and oxygen atoms in total. The number of rotatable bonds is 13. The minimum absolute atomic E-state index is 0.158. The summed E-state index contributed by atoms with van der Waals surface area (Å²) in [6.45, 7) is 12.5. The molecule has 2 N–H and O–H groups in total. The Balaban J connectivity index is 4.37. The highest BCUT2D eigenvalue weighted by Gasteiger charge is 2.19. The van der Waals surface area contributed by atoms with E-state index in [-0.39, 0.29) is 11.8 Å². The van der Waals surface area contributed by atoms with Crippen LogP contribution in [0.3, 0.4) is 0 Å². The molecule has 0 aliphatic carbocycles. The third kappa shape index (κ3) is 10.7.